The van der Waals surface area contributed by atoms with Crippen molar-refractivity contribution in [1.82, 2.24) is 20.7 Å². The quantitative estimate of drug-likeness (QED) is 0.320. The van der Waals surface area contributed by atoms with Crippen molar-refractivity contribution >= 4 is 33.5 Å². The Morgan fingerprint density at radius 2 is 1.95 bits per heavy atom. The summed E-state index contributed by atoms with van der Waals surface area (Å²) in [6, 6.07) is 13.3. The van der Waals surface area contributed by atoms with E-state index in [2.05, 4.69) is 30.6 Å². The Balaban J connectivity index is 1.36. The molecule has 2 aliphatic heterocycles. The van der Waals surface area contributed by atoms with Gasteiger partial charge >= 0.3 is 5.97 Å². The highest BCUT2D eigenvalue weighted by molar-refractivity contribution is 7.89. The van der Waals surface area contributed by atoms with Crippen molar-refractivity contribution in [3.05, 3.63) is 60.2 Å². The Bertz CT molecular complexity index is 1240. The lowest BCUT2D eigenvalue weighted by atomic mass is 10.0. The molecule has 5 N–H and O–H groups in total. The molecule has 0 aliphatic carbocycles. The average molecular weight is 529 g/mol. The molecule has 2 aromatic rings. The van der Waals surface area contributed by atoms with Crippen LogP contribution in [0.3, 0.4) is 0 Å². The number of aliphatic carboxylic acids is 1. The molecule has 37 heavy (non-hydrogen) atoms. The topological polar surface area (TPSA) is 152 Å². The fourth-order valence-corrected chi connectivity index (χ4v) is 5.54. The Labute approximate surface area is 216 Å². The molecule has 1 amide bonds. The molecule has 2 aromatic carbocycles. The van der Waals surface area contributed by atoms with Gasteiger partial charge in [-0.1, -0.05) is 24.3 Å². The van der Waals surface area contributed by atoms with E-state index in [0.29, 0.717) is 5.56 Å². The summed E-state index contributed by atoms with van der Waals surface area (Å²) in [5, 5.41) is 18.8. The molecule has 0 unspecified atom stereocenters. The van der Waals surface area contributed by atoms with E-state index in [1.165, 1.54) is 12.1 Å². The van der Waals surface area contributed by atoms with E-state index in [1.807, 2.05) is 6.07 Å². The zero-order valence-corrected chi connectivity index (χ0v) is 21.2. The number of anilines is 1. The lowest BCUT2D eigenvalue weighted by molar-refractivity contribution is -0.138. The highest BCUT2D eigenvalue weighted by Gasteiger charge is 2.26. The first-order valence-electron chi connectivity index (χ1n) is 12.3. The SMILES string of the molecule is O=C(NC[C@H](NS(=O)(=O)c1ccccc1)C(=O)O)c1cccc(N2CCC[C@H](NC3=NCCCN3)C2)c1. The first kappa shape index (κ1) is 26.4. The van der Waals surface area contributed by atoms with Gasteiger partial charge in [-0.3, -0.25) is 14.6 Å². The Hall–Kier alpha value is -3.64. The van der Waals surface area contributed by atoms with E-state index in [0.717, 1.165) is 57.1 Å². The van der Waals surface area contributed by atoms with E-state index in [-0.39, 0.29) is 10.9 Å². The van der Waals surface area contributed by atoms with Crippen molar-refractivity contribution in [2.75, 3.05) is 37.6 Å². The lowest BCUT2D eigenvalue weighted by Gasteiger charge is -2.36. The van der Waals surface area contributed by atoms with Crippen LogP contribution in [0.25, 0.3) is 0 Å². The van der Waals surface area contributed by atoms with Gasteiger partial charge in [0.15, 0.2) is 5.96 Å². The number of hydrogen-bond acceptors (Lipinski definition) is 8. The van der Waals surface area contributed by atoms with Crippen LogP contribution in [0.4, 0.5) is 5.69 Å². The second-order valence-corrected chi connectivity index (χ2v) is 10.7. The largest absolute Gasteiger partial charge is 0.480 e. The standard InChI is InChI=1S/C25H32N6O5S/c32-23(28-16-22(24(33)34)30-37(35,36)21-10-2-1-3-11-21)18-7-4-9-20(15-18)31-14-5-8-19(17-31)29-25-26-12-6-13-27-25/h1-4,7,9-11,15,19,22,30H,5-6,8,12-14,16-17H2,(H,28,32)(H,33,34)(H2,26,27,29)/t19-,22-/m0/s1. The Morgan fingerprint density at radius 3 is 2.68 bits per heavy atom. The van der Waals surface area contributed by atoms with E-state index in [9.17, 15) is 23.1 Å². The minimum atomic E-state index is -4.06. The van der Waals surface area contributed by atoms with Crippen molar-refractivity contribution in [3.8, 4) is 0 Å². The molecule has 11 nitrogen and oxygen atoms in total. The number of piperidine rings is 1. The molecule has 2 atom stereocenters. The highest BCUT2D eigenvalue weighted by Crippen LogP contribution is 2.21. The number of carbonyl (C=O) groups excluding carboxylic acids is 1. The van der Waals surface area contributed by atoms with Crippen LogP contribution in [-0.2, 0) is 14.8 Å². The minimum Gasteiger partial charge on any atom is -0.480 e. The first-order valence-corrected chi connectivity index (χ1v) is 13.8. The van der Waals surface area contributed by atoms with Crippen molar-refractivity contribution < 1.29 is 23.1 Å². The number of carboxylic acids is 1. The molecule has 2 heterocycles. The van der Waals surface area contributed by atoms with Crippen LogP contribution in [0.2, 0.25) is 0 Å². The van der Waals surface area contributed by atoms with Crippen LogP contribution < -0.4 is 25.6 Å². The molecule has 0 spiro atoms. The molecule has 12 heteroatoms. The molecule has 198 valence electrons. The van der Waals surface area contributed by atoms with Crippen LogP contribution in [0.1, 0.15) is 29.6 Å². The zero-order valence-electron chi connectivity index (χ0n) is 20.4. The van der Waals surface area contributed by atoms with Crippen LogP contribution in [0, 0.1) is 0 Å². The summed E-state index contributed by atoms with van der Waals surface area (Å²) in [6.07, 6.45) is 3.04. The maximum Gasteiger partial charge on any atom is 0.323 e. The summed E-state index contributed by atoms with van der Waals surface area (Å²) < 4.78 is 27.2. The number of carboxylic acid groups (broad SMARTS) is 1. The molecule has 0 saturated carbocycles. The van der Waals surface area contributed by atoms with Crippen LogP contribution >= 0.6 is 0 Å². The molecule has 0 aromatic heterocycles. The first-order chi connectivity index (χ1) is 17.8. The lowest BCUT2D eigenvalue weighted by Crippen LogP contribution is -2.52. The molecular formula is C25H32N6O5S. The van der Waals surface area contributed by atoms with Crippen molar-refractivity contribution in [2.24, 2.45) is 4.99 Å². The summed E-state index contributed by atoms with van der Waals surface area (Å²) in [6.45, 7) is 2.93. The number of rotatable bonds is 9. The van der Waals surface area contributed by atoms with Crippen molar-refractivity contribution in [2.45, 2.75) is 36.2 Å². The van der Waals surface area contributed by atoms with Gasteiger partial charge < -0.3 is 26.0 Å². The Morgan fingerprint density at radius 1 is 1.14 bits per heavy atom. The number of nitrogens with one attached hydrogen (secondary N) is 4. The highest BCUT2D eigenvalue weighted by atomic mass is 32.2. The van der Waals surface area contributed by atoms with Gasteiger partial charge in [-0.25, -0.2) is 8.42 Å². The van der Waals surface area contributed by atoms with Gasteiger partial charge in [0, 0.05) is 50.0 Å². The second-order valence-electron chi connectivity index (χ2n) is 9.03. The molecule has 0 bridgehead atoms. The van der Waals surface area contributed by atoms with Gasteiger partial charge in [0.2, 0.25) is 10.0 Å². The van der Waals surface area contributed by atoms with Gasteiger partial charge in [-0.15, -0.1) is 0 Å². The molecule has 2 aliphatic rings. The number of nitrogens with zero attached hydrogens (tertiary/aromatic N) is 2. The van der Waals surface area contributed by atoms with Crippen molar-refractivity contribution in [3.63, 3.8) is 0 Å². The predicted molar refractivity (Wildman–Crippen MR) is 140 cm³/mol. The van der Waals surface area contributed by atoms with E-state index >= 15 is 0 Å². The third-order valence-electron chi connectivity index (χ3n) is 6.25. The molecule has 0 radical (unpaired) electrons. The van der Waals surface area contributed by atoms with Crippen LogP contribution in [0.15, 0.2) is 64.5 Å². The summed E-state index contributed by atoms with van der Waals surface area (Å²) in [5.74, 6) is -1.04. The average Bonchev–Trinajstić information content (AvgIpc) is 2.92. The fraction of sp³-hybridized carbons (Fsp3) is 0.400. The Kier molecular flexibility index (Phi) is 8.62. The van der Waals surface area contributed by atoms with Gasteiger partial charge in [0.1, 0.15) is 6.04 Å². The minimum absolute atomic E-state index is 0.0547. The summed E-state index contributed by atoms with van der Waals surface area (Å²) in [7, 11) is -4.06. The maximum absolute atomic E-state index is 12.8. The van der Waals surface area contributed by atoms with Gasteiger partial charge in [-0.2, -0.15) is 4.72 Å². The number of carbonyl (C=O) groups is 2. The zero-order chi connectivity index (χ0) is 26.3. The number of guanidine groups is 1. The second kappa shape index (κ2) is 12.1. The third kappa shape index (κ3) is 7.20. The van der Waals surface area contributed by atoms with Gasteiger partial charge in [0.25, 0.3) is 5.91 Å². The molecule has 1 saturated heterocycles. The van der Waals surface area contributed by atoms with E-state index in [1.54, 1.807) is 36.4 Å². The monoisotopic (exact) mass is 528 g/mol. The van der Waals surface area contributed by atoms with E-state index < -0.39 is 34.5 Å². The molecule has 1 fully saturated rings. The number of aliphatic imine (C=N–C) groups is 1. The third-order valence-corrected chi connectivity index (χ3v) is 7.74. The van der Waals surface area contributed by atoms with Gasteiger partial charge in [0.05, 0.1) is 4.90 Å². The molecular weight excluding hydrogens is 496 g/mol. The number of benzene rings is 2. The summed E-state index contributed by atoms with van der Waals surface area (Å²) in [4.78, 5) is 31.2. The van der Waals surface area contributed by atoms with Gasteiger partial charge in [-0.05, 0) is 49.6 Å². The molecule has 4 rings (SSSR count). The number of amides is 1. The summed E-state index contributed by atoms with van der Waals surface area (Å²) in [5.41, 5.74) is 1.25. The predicted octanol–water partition coefficient (Wildman–Crippen LogP) is 0.756. The van der Waals surface area contributed by atoms with E-state index in [4.69, 9.17) is 0 Å². The van der Waals surface area contributed by atoms with Crippen LogP contribution in [0.5, 0.6) is 0 Å². The normalized spacial score (nSPS) is 18.8. The smallest absolute Gasteiger partial charge is 0.323 e. The number of sulfonamides is 1. The summed E-state index contributed by atoms with van der Waals surface area (Å²) >= 11 is 0. The van der Waals surface area contributed by atoms with Crippen LogP contribution in [-0.4, -0.2) is 76.2 Å². The number of hydrogen-bond donors (Lipinski definition) is 5. The fourth-order valence-electron chi connectivity index (χ4n) is 4.33. The van der Waals surface area contributed by atoms with Crippen molar-refractivity contribution in [1.29, 1.82) is 0 Å². The maximum atomic E-state index is 12.8.